The molecule has 0 rings (SSSR count). The Morgan fingerprint density at radius 1 is 1.38 bits per heavy atom. The summed E-state index contributed by atoms with van der Waals surface area (Å²) in [7, 11) is -3.05. The van der Waals surface area contributed by atoms with Gasteiger partial charge in [-0.25, -0.2) is 8.42 Å². The molecule has 0 aliphatic rings. The second-order valence-electron chi connectivity index (χ2n) is 2.95. The summed E-state index contributed by atoms with van der Waals surface area (Å²) in [6.45, 7) is 1.78. The largest absolute Gasteiger partial charge is 0.368 e. The molecule has 1 unspecified atom stereocenters. The Labute approximate surface area is 78.4 Å². The van der Waals surface area contributed by atoms with Crippen LogP contribution in [0.3, 0.4) is 0 Å². The number of hydrogen-bond donors (Lipinski definition) is 2. The van der Waals surface area contributed by atoms with Gasteiger partial charge in [0, 0.05) is 5.75 Å². The Hall–Kier alpha value is -0.620. The minimum atomic E-state index is -3.05. The van der Waals surface area contributed by atoms with Crippen molar-refractivity contribution in [3.05, 3.63) is 0 Å². The van der Waals surface area contributed by atoms with Crippen LogP contribution in [0.15, 0.2) is 0 Å². The zero-order valence-electron chi connectivity index (χ0n) is 7.69. The van der Waals surface area contributed by atoms with E-state index in [9.17, 15) is 13.2 Å². The van der Waals surface area contributed by atoms with Gasteiger partial charge in [0.2, 0.25) is 5.91 Å². The number of sulfone groups is 1. The third-order valence-electron chi connectivity index (χ3n) is 1.62. The summed E-state index contributed by atoms with van der Waals surface area (Å²) >= 11 is 0. The van der Waals surface area contributed by atoms with E-state index < -0.39 is 21.8 Å². The van der Waals surface area contributed by atoms with E-state index >= 15 is 0 Å². The van der Waals surface area contributed by atoms with Gasteiger partial charge in [0.05, 0.1) is 11.8 Å². The van der Waals surface area contributed by atoms with E-state index in [0.29, 0.717) is 6.42 Å². The molecule has 6 heteroatoms. The molecule has 0 heterocycles. The van der Waals surface area contributed by atoms with Gasteiger partial charge in [-0.1, -0.05) is 6.92 Å². The number of carbonyl (C=O) groups excluding carboxylic acids is 1. The van der Waals surface area contributed by atoms with Gasteiger partial charge in [-0.3, -0.25) is 4.79 Å². The Kier molecular flexibility index (Phi) is 4.94. The van der Waals surface area contributed by atoms with Crippen LogP contribution in [0, 0.1) is 0 Å². The first kappa shape index (κ1) is 12.4. The van der Waals surface area contributed by atoms with Crippen molar-refractivity contribution in [1.82, 2.24) is 0 Å². The quantitative estimate of drug-likeness (QED) is 0.585. The number of carbonyl (C=O) groups is 1. The molecular formula is C7H16N2O3S. The average molecular weight is 208 g/mol. The van der Waals surface area contributed by atoms with Crippen LogP contribution in [-0.2, 0) is 14.6 Å². The fraction of sp³-hybridized carbons (Fsp3) is 0.857. The van der Waals surface area contributed by atoms with E-state index in [4.69, 9.17) is 11.5 Å². The first-order valence-electron chi connectivity index (χ1n) is 4.14. The number of nitrogens with two attached hydrogens (primary N) is 2. The average Bonchev–Trinajstić information content (AvgIpc) is 2.00. The second kappa shape index (κ2) is 5.18. The highest BCUT2D eigenvalue weighted by Crippen LogP contribution is 1.98. The SMILES string of the molecule is CCCS(=O)(=O)CCC(N)C(N)=O. The second-order valence-corrected chi connectivity index (χ2v) is 5.25. The Morgan fingerprint density at radius 2 is 1.92 bits per heavy atom. The van der Waals surface area contributed by atoms with Gasteiger partial charge < -0.3 is 11.5 Å². The van der Waals surface area contributed by atoms with E-state index in [1.165, 1.54) is 0 Å². The van der Waals surface area contributed by atoms with Crippen molar-refractivity contribution in [3.63, 3.8) is 0 Å². The van der Waals surface area contributed by atoms with Gasteiger partial charge in [0.25, 0.3) is 0 Å². The van der Waals surface area contributed by atoms with Crippen molar-refractivity contribution in [2.24, 2.45) is 11.5 Å². The molecule has 0 spiro atoms. The van der Waals surface area contributed by atoms with E-state index in [-0.39, 0.29) is 17.9 Å². The van der Waals surface area contributed by atoms with Gasteiger partial charge >= 0.3 is 0 Å². The molecule has 0 aromatic heterocycles. The molecule has 0 aromatic rings. The summed E-state index contributed by atoms with van der Waals surface area (Å²) in [6, 6.07) is -0.855. The molecule has 0 saturated heterocycles. The summed E-state index contributed by atoms with van der Waals surface area (Å²) < 4.78 is 22.3. The van der Waals surface area contributed by atoms with Gasteiger partial charge in [-0.15, -0.1) is 0 Å². The zero-order chi connectivity index (χ0) is 10.5. The Balaban J connectivity index is 3.95. The van der Waals surface area contributed by atoms with Crippen molar-refractivity contribution >= 4 is 15.7 Å². The number of rotatable bonds is 6. The van der Waals surface area contributed by atoms with Crippen molar-refractivity contribution in [2.75, 3.05) is 11.5 Å². The third kappa shape index (κ3) is 5.59. The highest BCUT2D eigenvalue weighted by molar-refractivity contribution is 7.91. The number of hydrogen-bond acceptors (Lipinski definition) is 4. The van der Waals surface area contributed by atoms with Crippen LogP contribution >= 0.6 is 0 Å². The summed E-state index contributed by atoms with van der Waals surface area (Å²) in [4.78, 5) is 10.5. The number of primary amides is 1. The molecular weight excluding hydrogens is 192 g/mol. The van der Waals surface area contributed by atoms with Crippen LogP contribution in [0.4, 0.5) is 0 Å². The molecule has 0 bridgehead atoms. The van der Waals surface area contributed by atoms with Crippen molar-refractivity contribution < 1.29 is 13.2 Å². The smallest absolute Gasteiger partial charge is 0.234 e. The predicted octanol–water partition coefficient (Wildman–Crippen LogP) is -0.986. The van der Waals surface area contributed by atoms with Gasteiger partial charge in [-0.05, 0) is 12.8 Å². The zero-order valence-corrected chi connectivity index (χ0v) is 8.51. The van der Waals surface area contributed by atoms with E-state index in [2.05, 4.69) is 0 Å². The molecule has 13 heavy (non-hydrogen) atoms. The maximum Gasteiger partial charge on any atom is 0.234 e. The van der Waals surface area contributed by atoms with Crippen molar-refractivity contribution in [2.45, 2.75) is 25.8 Å². The van der Waals surface area contributed by atoms with Gasteiger partial charge in [-0.2, -0.15) is 0 Å². The maximum atomic E-state index is 11.1. The summed E-state index contributed by atoms with van der Waals surface area (Å²) in [5.74, 6) is -0.588. The number of amides is 1. The van der Waals surface area contributed by atoms with E-state index in [1.54, 1.807) is 6.92 Å². The van der Waals surface area contributed by atoms with Crippen molar-refractivity contribution in [3.8, 4) is 0 Å². The van der Waals surface area contributed by atoms with Crippen molar-refractivity contribution in [1.29, 1.82) is 0 Å². The van der Waals surface area contributed by atoms with Crippen LogP contribution in [0.2, 0.25) is 0 Å². The minimum absolute atomic E-state index is 0.0645. The summed E-state index contributed by atoms with van der Waals surface area (Å²) in [6.07, 6.45) is 0.686. The lowest BCUT2D eigenvalue weighted by Crippen LogP contribution is -2.37. The highest BCUT2D eigenvalue weighted by Gasteiger charge is 2.15. The maximum absolute atomic E-state index is 11.1. The molecule has 0 aliphatic heterocycles. The van der Waals surface area contributed by atoms with Gasteiger partial charge in [0.15, 0.2) is 0 Å². The first-order chi connectivity index (χ1) is 5.89. The minimum Gasteiger partial charge on any atom is -0.368 e. The standard InChI is InChI=1S/C7H16N2O3S/c1-2-4-13(11,12)5-3-6(8)7(9)10/h6H,2-5,8H2,1H3,(H2,9,10). The monoisotopic (exact) mass is 208 g/mol. The molecule has 5 nitrogen and oxygen atoms in total. The molecule has 78 valence electrons. The lowest BCUT2D eigenvalue weighted by molar-refractivity contribution is -0.119. The molecule has 0 aromatic carbocycles. The molecule has 0 aliphatic carbocycles. The molecule has 0 radical (unpaired) electrons. The Bertz CT molecular complexity index is 261. The molecule has 0 saturated carbocycles. The first-order valence-corrected chi connectivity index (χ1v) is 5.96. The van der Waals surface area contributed by atoms with Gasteiger partial charge in [0.1, 0.15) is 9.84 Å². The van der Waals surface area contributed by atoms with Crippen LogP contribution < -0.4 is 11.5 Å². The Morgan fingerprint density at radius 3 is 2.31 bits per heavy atom. The molecule has 1 atom stereocenters. The summed E-state index contributed by atoms with van der Waals surface area (Å²) in [5.41, 5.74) is 10.2. The third-order valence-corrected chi connectivity index (χ3v) is 3.51. The predicted molar refractivity (Wildman–Crippen MR) is 50.7 cm³/mol. The lowest BCUT2D eigenvalue weighted by atomic mass is 10.2. The topological polar surface area (TPSA) is 103 Å². The lowest BCUT2D eigenvalue weighted by Gasteiger charge is -2.06. The molecule has 0 fully saturated rings. The normalized spacial score (nSPS) is 14.0. The molecule has 1 amide bonds. The summed E-state index contributed by atoms with van der Waals surface area (Å²) in [5, 5.41) is 0. The highest BCUT2D eigenvalue weighted by atomic mass is 32.2. The molecule has 4 N–H and O–H groups in total. The fourth-order valence-corrected chi connectivity index (χ4v) is 2.30. The fourth-order valence-electron chi connectivity index (χ4n) is 0.862. The van der Waals surface area contributed by atoms with E-state index in [0.717, 1.165) is 0 Å². The van der Waals surface area contributed by atoms with Crippen LogP contribution in [0.1, 0.15) is 19.8 Å². The van der Waals surface area contributed by atoms with Crippen LogP contribution in [0.5, 0.6) is 0 Å². The van der Waals surface area contributed by atoms with Crippen LogP contribution in [0.25, 0.3) is 0 Å². The van der Waals surface area contributed by atoms with E-state index in [1.807, 2.05) is 0 Å². The van der Waals surface area contributed by atoms with Crippen LogP contribution in [-0.4, -0.2) is 31.9 Å².